The van der Waals surface area contributed by atoms with Crippen molar-refractivity contribution in [3.8, 4) is 45.0 Å². The Morgan fingerprint density at radius 3 is 2.30 bits per heavy atom. The van der Waals surface area contributed by atoms with Gasteiger partial charge in [0.1, 0.15) is 11.5 Å². The molecule has 1 aromatic heterocycles. The molecular formula is C39H41Cl2N5O4. The summed E-state index contributed by atoms with van der Waals surface area (Å²) in [5.74, 6) is 1.81. The summed E-state index contributed by atoms with van der Waals surface area (Å²) in [5.41, 5.74) is 8.36. The summed E-state index contributed by atoms with van der Waals surface area (Å²) in [4.78, 5) is 30.3. The van der Waals surface area contributed by atoms with E-state index in [0.717, 1.165) is 83.8 Å². The highest BCUT2D eigenvalue weighted by Gasteiger charge is 2.27. The minimum absolute atomic E-state index is 0.109. The summed E-state index contributed by atoms with van der Waals surface area (Å²) in [5, 5.41) is 10.6. The lowest BCUT2D eigenvalue weighted by Gasteiger charge is -2.32. The third-order valence-electron chi connectivity index (χ3n) is 10.0. The molecule has 9 nitrogen and oxygen atoms in total. The smallest absolute Gasteiger partial charge is 0.220 e. The number of benzene rings is 3. The normalized spacial score (nSPS) is 18.9. The molecule has 3 aliphatic heterocycles. The Kier molecular flexibility index (Phi) is 10.3. The molecule has 11 heteroatoms. The van der Waals surface area contributed by atoms with E-state index >= 15 is 0 Å². The molecule has 3 aromatic carbocycles. The predicted molar refractivity (Wildman–Crippen MR) is 197 cm³/mol. The van der Waals surface area contributed by atoms with Gasteiger partial charge >= 0.3 is 0 Å². The van der Waals surface area contributed by atoms with Crippen molar-refractivity contribution in [3.05, 3.63) is 87.5 Å². The van der Waals surface area contributed by atoms with Crippen molar-refractivity contribution in [2.24, 2.45) is 0 Å². The molecule has 0 radical (unpaired) electrons. The molecule has 50 heavy (non-hydrogen) atoms. The van der Waals surface area contributed by atoms with Crippen molar-refractivity contribution < 1.29 is 19.1 Å². The van der Waals surface area contributed by atoms with Crippen LogP contribution in [0, 0.1) is 0 Å². The molecule has 0 spiro atoms. The highest BCUT2D eigenvalue weighted by atomic mass is 35.5. The summed E-state index contributed by atoms with van der Waals surface area (Å²) in [7, 11) is 3.36. The first-order chi connectivity index (χ1) is 24.3. The molecule has 0 unspecified atom stereocenters. The van der Waals surface area contributed by atoms with Crippen molar-refractivity contribution in [2.45, 2.75) is 57.3 Å². The highest BCUT2D eigenvalue weighted by Crippen LogP contribution is 2.44. The number of methoxy groups -OCH3 is 2. The van der Waals surface area contributed by atoms with Gasteiger partial charge in [-0.3, -0.25) is 19.5 Å². The number of nitrogens with zero attached hydrogens (tertiary/aromatic N) is 2. The van der Waals surface area contributed by atoms with Crippen molar-refractivity contribution in [3.63, 3.8) is 0 Å². The molecule has 260 valence electrons. The minimum atomic E-state index is 0.109. The Hall–Kier alpha value is -4.15. The van der Waals surface area contributed by atoms with Crippen LogP contribution in [0.4, 0.5) is 0 Å². The van der Waals surface area contributed by atoms with Crippen molar-refractivity contribution >= 4 is 35.0 Å². The zero-order chi connectivity index (χ0) is 34.8. The van der Waals surface area contributed by atoms with Crippen LogP contribution < -0.4 is 25.4 Å². The number of pyridine rings is 1. The first kappa shape index (κ1) is 34.3. The number of halogens is 2. The summed E-state index contributed by atoms with van der Waals surface area (Å²) in [6.07, 6.45) is 5.56. The van der Waals surface area contributed by atoms with Gasteiger partial charge in [-0.2, -0.15) is 0 Å². The molecule has 2 amide bonds. The molecule has 2 saturated heterocycles. The maximum Gasteiger partial charge on any atom is 0.220 e. The van der Waals surface area contributed by atoms with E-state index in [1.54, 1.807) is 20.4 Å². The van der Waals surface area contributed by atoms with Gasteiger partial charge in [0.15, 0.2) is 0 Å². The standard InChI is InChI=1S/C39H41Cl2N5O4/c1-49-33-17-24(6-7-25(33)19-42-20-27-8-10-35(47)44-27)39-38(41)31(12-14-43-39)30-5-3-4-29(37(30)40)26-16-23-13-15-46(21-28-9-11-36(48)45-28)22-32(23)34(18-26)50-2/h3-7,12,14,16-18,27-28,42H,8-11,13,15,19-22H2,1-2H3,(H,44,47)(H,45,48)/t27-,28+/m1/s1. The number of aromatic nitrogens is 1. The Morgan fingerprint density at radius 2 is 1.56 bits per heavy atom. The van der Waals surface area contributed by atoms with Crippen LogP contribution in [0.3, 0.4) is 0 Å². The Labute approximate surface area is 302 Å². The highest BCUT2D eigenvalue weighted by molar-refractivity contribution is 6.39. The predicted octanol–water partition coefficient (Wildman–Crippen LogP) is 6.41. The van der Waals surface area contributed by atoms with E-state index < -0.39 is 0 Å². The molecule has 4 aromatic rings. The number of rotatable bonds is 11. The van der Waals surface area contributed by atoms with Crippen LogP contribution in [0.25, 0.3) is 33.5 Å². The monoisotopic (exact) mass is 713 g/mol. The van der Waals surface area contributed by atoms with Crippen LogP contribution in [-0.2, 0) is 29.1 Å². The lowest BCUT2D eigenvalue weighted by atomic mass is 9.92. The van der Waals surface area contributed by atoms with E-state index in [1.165, 1.54) is 11.1 Å². The molecule has 3 N–H and O–H groups in total. The van der Waals surface area contributed by atoms with E-state index in [9.17, 15) is 9.59 Å². The number of amides is 2. The summed E-state index contributed by atoms with van der Waals surface area (Å²) in [6, 6.07) is 18.5. The molecule has 3 aliphatic rings. The Morgan fingerprint density at radius 1 is 0.840 bits per heavy atom. The number of carbonyl (C=O) groups excluding carboxylic acids is 2. The van der Waals surface area contributed by atoms with E-state index in [0.29, 0.717) is 41.7 Å². The molecule has 0 saturated carbocycles. The van der Waals surface area contributed by atoms with Crippen LogP contribution in [0.1, 0.15) is 42.4 Å². The van der Waals surface area contributed by atoms with Crippen LogP contribution in [-0.4, -0.2) is 67.6 Å². The first-order valence-electron chi connectivity index (χ1n) is 17.1. The van der Waals surface area contributed by atoms with Gasteiger partial charge in [-0.05, 0) is 48.6 Å². The largest absolute Gasteiger partial charge is 0.496 e. The summed E-state index contributed by atoms with van der Waals surface area (Å²) in [6.45, 7) is 3.83. The maximum atomic E-state index is 11.7. The second-order valence-electron chi connectivity index (χ2n) is 13.3. The van der Waals surface area contributed by atoms with Gasteiger partial charge < -0.3 is 25.4 Å². The lowest BCUT2D eigenvalue weighted by Crippen LogP contribution is -2.41. The maximum absolute atomic E-state index is 11.7. The lowest BCUT2D eigenvalue weighted by molar-refractivity contribution is -0.120. The van der Waals surface area contributed by atoms with Gasteiger partial charge in [0.25, 0.3) is 0 Å². The second-order valence-corrected chi connectivity index (χ2v) is 14.0. The van der Waals surface area contributed by atoms with Gasteiger partial charge in [-0.15, -0.1) is 0 Å². The molecule has 7 rings (SSSR count). The Bertz CT molecular complexity index is 1920. The Balaban J connectivity index is 1.13. The molecule has 2 fully saturated rings. The van der Waals surface area contributed by atoms with Gasteiger partial charge in [0.05, 0.1) is 30.0 Å². The van der Waals surface area contributed by atoms with Crippen LogP contribution in [0.2, 0.25) is 10.0 Å². The third kappa shape index (κ3) is 7.19. The fraction of sp³-hybridized carbons (Fsp3) is 0.359. The molecule has 0 bridgehead atoms. The zero-order valence-electron chi connectivity index (χ0n) is 28.3. The van der Waals surface area contributed by atoms with E-state index in [4.69, 9.17) is 32.7 Å². The summed E-state index contributed by atoms with van der Waals surface area (Å²) >= 11 is 14.3. The minimum Gasteiger partial charge on any atom is -0.496 e. The van der Waals surface area contributed by atoms with E-state index in [2.05, 4.69) is 38.0 Å². The fourth-order valence-electron chi connectivity index (χ4n) is 7.37. The van der Waals surface area contributed by atoms with Crippen LogP contribution in [0.5, 0.6) is 11.5 Å². The number of ether oxygens (including phenoxy) is 2. The fourth-order valence-corrected chi connectivity index (χ4v) is 8.03. The third-order valence-corrected chi connectivity index (χ3v) is 10.8. The van der Waals surface area contributed by atoms with E-state index in [-0.39, 0.29) is 23.9 Å². The first-order valence-corrected chi connectivity index (χ1v) is 17.9. The molecule has 4 heterocycles. The average molecular weight is 715 g/mol. The second kappa shape index (κ2) is 15.0. The van der Waals surface area contributed by atoms with Gasteiger partial charge in [-0.25, -0.2) is 0 Å². The number of hydrogen-bond acceptors (Lipinski definition) is 7. The summed E-state index contributed by atoms with van der Waals surface area (Å²) < 4.78 is 11.7. The van der Waals surface area contributed by atoms with Crippen LogP contribution >= 0.6 is 23.2 Å². The van der Waals surface area contributed by atoms with E-state index in [1.807, 2.05) is 42.5 Å². The van der Waals surface area contributed by atoms with Gasteiger partial charge in [-0.1, -0.05) is 59.6 Å². The molecular weight excluding hydrogens is 673 g/mol. The average Bonchev–Trinajstić information content (AvgIpc) is 3.74. The number of carbonyl (C=O) groups is 2. The number of hydrogen-bond donors (Lipinski definition) is 3. The number of fused-ring (bicyclic) bond motifs is 1. The SMILES string of the molecule is COc1cc(-c2nccc(-c3cccc(-c4cc5c(c(OC)c4)CN(C[C@@H]4CCC(=O)N4)CC5)c3Cl)c2Cl)ccc1CNC[C@H]1CCC(=O)N1. The van der Waals surface area contributed by atoms with Crippen molar-refractivity contribution in [2.75, 3.05) is 33.9 Å². The van der Waals surface area contributed by atoms with Gasteiger partial charge in [0.2, 0.25) is 11.8 Å². The quantitative estimate of drug-likeness (QED) is 0.165. The zero-order valence-corrected chi connectivity index (χ0v) is 29.8. The van der Waals surface area contributed by atoms with Crippen molar-refractivity contribution in [1.82, 2.24) is 25.8 Å². The number of nitrogens with one attached hydrogen (secondary N) is 3. The molecule has 0 aliphatic carbocycles. The van der Waals surface area contributed by atoms with Crippen LogP contribution in [0.15, 0.2) is 60.8 Å². The van der Waals surface area contributed by atoms with Crippen molar-refractivity contribution in [1.29, 1.82) is 0 Å². The topological polar surface area (TPSA) is 105 Å². The van der Waals surface area contributed by atoms with Gasteiger partial charge in [0, 0.05) is 97.2 Å². The molecule has 2 atom stereocenters.